The van der Waals surface area contributed by atoms with Gasteiger partial charge in [-0.2, -0.15) is 5.10 Å². The van der Waals surface area contributed by atoms with Crippen LogP contribution in [0.1, 0.15) is 25.8 Å². The van der Waals surface area contributed by atoms with Crippen LogP contribution in [-0.2, 0) is 6.54 Å². The lowest BCUT2D eigenvalue weighted by Gasteiger charge is -2.32. The molecule has 0 bridgehead atoms. The highest BCUT2D eigenvalue weighted by atomic mass is 15.3. The van der Waals surface area contributed by atoms with Crippen LogP contribution in [-0.4, -0.2) is 56.5 Å². The zero-order valence-electron chi connectivity index (χ0n) is 15.0. The summed E-state index contributed by atoms with van der Waals surface area (Å²) in [7, 11) is 4.08. The Morgan fingerprint density at radius 1 is 1.16 bits per heavy atom. The fourth-order valence-electron chi connectivity index (χ4n) is 3.43. The van der Waals surface area contributed by atoms with Gasteiger partial charge in [0.1, 0.15) is 6.33 Å². The molecule has 8 nitrogen and oxygen atoms in total. The molecule has 0 aliphatic carbocycles. The van der Waals surface area contributed by atoms with E-state index in [2.05, 4.69) is 52.2 Å². The van der Waals surface area contributed by atoms with Gasteiger partial charge in [0.15, 0.2) is 17.0 Å². The lowest BCUT2D eigenvalue weighted by Crippen LogP contribution is -2.35. The molecule has 1 saturated heterocycles. The van der Waals surface area contributed by atoms with Crippen LogP contribution < -0.4 is 9.80 Å². The molecule has 0 atom stereocenters. The molecule has 3 aromatic heterocycles. The number of hydrogen-bond acceptors (Lipinski definition) is 6. The number of rotatable bonds is 4. The summed E-state index contributed by atoms with van der Waals surface area (Å²) in [6.45, 7) is 4.86. The maximum absolute atomic E-state index is 4.54. The Morgan fingerprint density at radius 3 is 2.64 bits per heavy atom. The first kappa shape index (κ1) is 15.9. The number of nitrogens with zero attached hydrogens (tertiary/aromatic N) is 8. The van der Waals surface area contributed by atoms with E-state index in [0.29, 0.717) is 6.04 Å². The molecule has 4 rings (SSSR count). The molecule has 0 N–H and O–H groups in total. The van der Waals surface area contributed by atoms with E-state index < -0.39 is 0 Å². The molecule has 1 aliphatic rings. The van der Waals surface area contributed by atoms with E-state index in [1.807, 2.05) is 26.6 Å². The van der Waals surface area contributed by atoms with Crippen LogP contribution >= 0.6 is 0 Å². The number of piperidine rings is 1. The van der Waals surface area contributed by atoms with Crippen molar-refractivity contribution in [2.45, 2.75) is 32.4 Å². The topological polar surface area (TPSA) is 67.9 Å². The van der Waals surface area contributed by atoms with Crippen molar-refractivity contribution in [3.63, 3.8) is 0 Å². The second-order valence-electron chi connectivity index (χ2n) is 6.69. The molecule has 25 heavy (non-hydrogen) atoms. The van der Waals surface area contributed by atoms with Gasteiger partial charge < -0.3 is 14.4 Å². The summed E-state index contributed by atoms with van der Waals surface area (Å²) in [4.78, 5) is 17.9. The van der Waals surface area contributed by atoms with Gasteiger partial charge in [0, 0.05) is 39.9 Å². The Hall–Kier alpha value is -2.64. The normalized spacial score (nSPS) is 15.9. The molecule has 132 valence electrons. The van der Waals surface area contributed by atoms with Crippen molar-refractivity contribution < 1.29 is 0 Å². The Balaban J connectivity index is 1.51. The third kappa shape index (κ3) is 2.81. The summed E-state index contributed by atoms with van der Waals surface area (Å²) in [5.74, 6) is 0.949. The predicted octanol–water partition coefficient (Wildman–Crippen LogP) is 1.95. The number of hydrogen-bond donors (Lipinski definition) is 0. The minimum Gasteiger partial charge on any atom is -0.375 e. The first-order valence-corrected chi connectivity index (χ1v) is 8.79. The van der Waals surface area contributed by atoms with Crippen LogP contribution in [0.25, 0.3) is 11.2 Å². The Morgan fingerprint density at radius 2 is 1.96 bits per heavy atom. The monoisotopic (exact) mass is 340 g/mol. The first-order valence-electron chi connectivity index (χ1n) is 8.79. The standard InChI is InChI=1S/C17H24N8/c1-4-23-12-20-15-16(23)18-11-19-17(15)24-7-5-13(6-8-24)25-10-14(9-21-25)22(2)3/h9-13H,4-8H2,1-3H3. The van der Waals surface area contributed by atoms with Crippen molar-refractivity contribution in [2.24, 2.45) is 0 Å². The summed E-state index contributed by atoms with van der Waals surface area (Å²) < 4.78 is 4.16. The minimum atomic E-state index is 0.440. The zero-order valence-corrected chi connectivity index (χ0v) is 15.0. The van der Waals surface area contributed by atoms with Gasteiger partial charge in [-0.25, -0.2) is 15.0 Å². The number of fused-ring (bicyclic) bond motifs is 1. The van der Waals surface area contributed by atoms with E-state index in [1.54, 1.807) is 6.33 Å². The van der Waals surface area contributed by atoms with Crippen LogP contribution in [0.5, 0.6) is 0 Å². The van der Waals surface area contributed by atoms with Gasteiger partial charge in [-0.15, -0.1) is 0 Å². The SMILES string of the molecule is CCn1cnc2c(N3CCC(n4cc(N(C)C)cn4)CC3)ncnc21. The lowest BCUT2D eigenvalue weighted by atomic mass is 10.1. The Labute approximate surface area is 147 Å². The second kappa shape index (κ2) is 6.34. The smallest absolute Gasteiger partial charge is 0.165 e. The van der Waals surface area contributed by atoms with E-state index in [-0.39, 0.29) is 0 Å². The van der Waals surface area contributed by atoms with E-state index >= 15 is 0 Å². The molecule has 0 amide bonds. The van der Waals surface area contributed by atoms with E-state index in [4.69, 9.17) is 0 Å². The van der Waals surface area contributed by atoms with Crippen LogP contribution in [0.3, 0.4) is 0 Å². The van der Waals surface area contributed by atoms with Crippen molar-refractivity contribution >= 4 is 22.7 Å². The average molecular weight is 340 g/mol. The first-order chi connectivity index (χ1) is 12.2. The van der Waals surface area contributed by atoms with Gasteiger partial charge in [0.25, 0.3) is 0 Å². The number of aryl methyl sites for hydroxylation is 1. The molecule has 0 radical (unpaired) electrons. The number of anilines is 2. The minimum absolute atomic E-state index is 0.440. The molecule has 0 aromatic carbocycles. The van der Waals surface area contributed by atoms with Gasteiger partial charge in [-0.3, -0.25) is 4.68 Å². The second-order valence-corrected chi connectivity index (χ2v) is 6.69. The molecule has 0 saturated carbocycles. The highest BCUT2D eigenvalue weighted by molar-refractivity contribution is 5.83. The molecular formula is C17H24N8. The van der Waals surface area contributed by atoms with Gasteiger partial charge in [-0.05, 0) is 19.8 Å². The van der Waals surface area contributed by atoms with Crippen molar-refractivity contribution in [1.29, 1.82) is 0 Å². The quantitative estimate of drug-likeness (QED) is 0.723. The Kier molecular flexibility index (Phi) is 4.03. The maximum Gasteiger partial charge on any atom is 0.165 e. The van der Waals surface area contributed by atoms with Crippen molar-refractivity contribution in [2.75, 3.05) is 37.0 Å². The summed E-state index contributed by atoms with van der Waals surface area (Å²) in [6, 6.07) is 0.440. The zero-order chi connectivity index (χ0) is 17.4. The highest BCUT2D eigenvalue weighted by Gasteiger charge is 2.24. The van der Waals surface area contributed by atoms with E-state index in [1.165, 1.54) is 0 Å². The summed E-state index contributed by atoms with van der Waals surface area (Å²) in [5, 5.41) is 4.54. The third-order valence-corrected chi connectivity index (χ3v) is 4.97. The van der Waals surface area contributed by atoms with E-state index in [9.17, 15) is 0 Å². The fourth-order valence-corrected chi connectivity index (χ4v) is 3.43. The largest absolute Gasteiger partial charge is 0.375 e. The molecular weight excluding hydrogens is 316 g/mol. The van der Waals surface area contributed by atoms with Crippen LogP contribution in [0.4, 0.5) is 11.5 Å². The van der Waals surface area contributed by atoms with Crippen LogP contribution in [0.15, 0.2) is 25.0 Å². The summed E-state index contributed by atoms with van der Waals surface area (Å²) in [6.07, 6.45) is 9.66. The van der Waals surface area contributed by atoms with Crippen molar-refractivity contribution in [3.05, 3.63) is 25.0 Å². The van der Waals surface area contributed by atoms with Gasteiger partial charge in [-0.1, -0.05) is 0 Å². The molecule has 3 aromatic rings. The summed E-state index contributed by atoms with van der Waals surface area (Å²) >= 11 is 0. The van der Waals surface area contributed by atoms with E-state index in [0.717, 1.165) is 55.1 Å². The van der Waals surface area contributed by atoms with Gasteiger partial charge in [0.05, 0.1) is 24.3 Å². The van der Waals surface area contributed by atoms with Gasteiger partial charge >= 0.3 is 0 Å². The Bertz CT molecular complexity index is 857. The fraction of sp³-hybridized carbons (Fsp3) is 0.529. The third-order valence-electron chi connectivity index (χ3n) is 4.97. The summed E-state index contributed by atoms with van der Waals surface area (Å²) in [5.41, 5.74) is 2.96. The molecule has 0 spiro atoms. The number of imidazole rings is 1. The predicted molar refractivity (Wildman–Crippen MR) is 98.0 cm³/mol. The molecule has 1 aliphatic heterocycles. The maximum atomic E-state index is 4.54. The molecule has 1 fully saturated rings. The van der Waals surface area contributed by atoms with Gasteiger partial charge in [0.2, 0.25) is 0 Å². The highest BCUT2D eigenvalue weighted by Crippen LogP contribution is 2.29. The van der Waals surface area contributed by atoms with Crippen LogP contribution in [0.2, 0.25) is 0 Å². The molecule has 8 heteroatoms. The van der Waals surface area contributed by atoms with Crippen molar-refractivity contribution in [3.8, 4) is 0 Å². The molecule has 4 heterocycles. The lowest BCUT2D eigenvalue weighted by molar-refractivity contribution is 0.366. The van der Waals surface area contributed by atoms with Crippen LogP contribution in [0, 0.1) is 0 Å². The number of aromatic nitrogens is 6. The average Bonchev–Trinajstić information content (AvgIpc) is 3.29. The van der Waals surface area contributed by atoms with Crippen molar-refractivity contribution in [1.82, 2.24) is 29.3 Å². The molecule has 0 unspecified atom stereocenters.